The van der Waals surface area contributed by atoms with Crippen molar-refractivity contribution in [2.75, 3.05) is 6.61 Å². The van der Waals surface area contributed by atoms with Gasteiger partial charge in [-0.1, -0.05) is 0 Å². The predicted molar refractivity (Wildman–Crippen MR) is 40.8 cm³/mol. The first-order valence-corrected chi connectivity index (χ1v) is 3.03. The van der Waals surface area contributed by atoms with Crippen molar-refractivity contribution < 1.29 is 17.9 Å². The zero-order valence-electron chi connectivity index (χ0n) is 6.28. The topological polar surface area (TPSA) is 35.0 Å². The maximum atomic E-state index is 11.6. The molecule has 13 heavy (non-hydrogen) atoms. The van der Waals surface area contributed by atoms with Gasteiger partial charge in [0.15, 0.2) is 6.61 Å². The highest BCUT2D eigenvalue weighted by Crippen LogP contribution is 2.15. The number of hydrogen-bond acceptors (Lipinski definition) is 3. The zero-order valence-corrected chi connectivity index (χ0v) is 7.10. The molecule has 0 aliphatic heterocycles. The van der Waals surface area contributed by atoms with E-state index >= 15 is 0 Å². The Kier molecular flexibility index (Phi) is 4.47. The second-order valence-corrected chi connectivity index (χ2v) is 1.95. The SMILES string of the molecule is Cl.FC(F)(F)COc1ccncn1. The number of rotatable bonds is 2. The maximum Gasteiger partial charge on any atom is 0.422 e. The molecule has 0 aromatic carbocycles. The van der Waals surface area contributed by atoms with Crippen molar-refractivity contribution in [3.05, 3.63) is 18.6 Å². The second kappa shape index (κ2) is 4.86. The van der Waals surface area contributed by atoms with Gasteiger partial charge in [0.05, 0.1) is 0 Å². The minimum absolute atomic E-state index is 0. The molecule has 0 radical (unpaired) electrons. The molecule has 1 aromatic rings. The molecule has 0 saturated heterocycles. The summed E-state index contributed by atoms with van der Waals surface area (Å²) in [5.41, 5.74) is 0. The van der Waals surface area contributed by atoms with Gasteiger partial charge < -0.3 is 4.74 Å². The van der Waals surface area contributed by atoms with Crippen LogP contribution in [0.3, 0.4) is 0 Å². The van der Waals surface area contributed by atoms with Crippen molar-refractivity contribution in [2.45, 2.75) is 6.18 Å². The number of hydrogen-bond donors (Lipinski definition) is 0. The lowest BCUT2D eigenvalue weighted by molar-refractivity contribution is -0.154. The van der Waals surface area contributed by atoms with Crippen molar-refractivity contribution in [3.63, 3.8) is 0 Å². The van der Waals surface area contributed by atoms with E-state index in [1.54, 1.807) is 0 Å². The van der Waals surface area contributed by atoms with Crippen molar-refractivity contribution in [1.29, 1.82) is 0 Å². The molecule has 0 amide bonds. The summed E-state index contributed by atoms with van der Waals surface area (Å²) in [6, 6.07) is 1.26. The van der Waals surface area contributed by atoms with Crippen LogP contribution in [0.25, 0.3) is 0 Å². The summed E-state index contributed by atoms with van der Waals surface area (Å²) in [4.78, 5) is 6.97. The van der Waals surface area contributed by atoms with Crippen molar-refractivity contribution in [3.8, 4) is 5.88 Å². The van der Waals surface area contributed by atoms with Crippen molar-refractivity contribution in [2.24, 2.45) is 0 Å². The summed E-state index contributed by atoms with van der Waals surface area (Å²) in [7, 11) is 0. The summed E-state index contributed by atoms with van der Waals surface area (Å²) < 4.78 is 39.0. The summed E-state index contributed by atoms with van der Waals surface area (Å²) >= 11 is 0. The largest absolute Gasteiger partial charge is 0.468 e. The highest BCUT2D eigenvalue weighted by Gasteiger charge is 2.28. The molecule has 0 fully saturated rings. The molecule has 1 heterocycles. The van der Waals surface area contributed by atoms with Gasteiger partial charge in [-0.25, -0.2) is 9.97 Å². The van der Waals surface area contributed by atoms with Crippen LogP contribution < -0.4 is 4.74 Å². The van der Waals surface area contributed by atoms with Crippen LogP contribution in [-0.2, 0) is 0 Å². The molecule has 3 nitrogen and oxygen atoms in total. The Morgan fingerprint density at radius 1 is 1.38 bits per heavy atom. The Balaban J connectivity index is 0.00000144. The molecule has 0 spiro atoms. The normalized spacial score (nSPS) is 10.4. The smallest absolute Gasteiger partial charge is 0.422 e. The van der Waals surface area contributed by atoms with E-state index in [0.29, 0.717) is 0 Å². The minimum atomic E-state index is -4.33. The molecule has 1 aromatic heterocycles. The Labute approximate surface area is 78.4 Å². The van der Waals surface area contributed by atoms with E-state index in [4.69, 9.17) is 0 Å². The third-order valence-electron chi connectivity index (χ3n) is 0.939. The first-order valence-electron chi connectivity index (χ1n) is 3.03. The molecule has 0 atom stereocenters. The quantitative estimate of drug-likeness (QED) is 0.754. The number of alkyl halides is 3. The fourth-order valence-corrected chi connectivity index (χ4v) is 0.520. The fourth-order valence-electron chi connectivity index (χ4n) is 0.520. The van der Waals surface area contributed by atoms with Crippen LogP contribution in [0.5, 0.6) is 5.88 Å². The van der Waals surface area contributed by atoms with E-state index in [-0.39, 0.29) is 18.3 Å². The van der Waals surface area contributed by atoms with Gasteiger partial charge in [0, 0.05) is 12.3 Å². The zero-order chi connectivity index (χ0) is 9.03. The maximum absolute atomic E-state index is 11.6. The lowest BCUT2D eigenvalue weighted by atomic mass is 10.6. The van der Waals surface area contributed by atoms with Crippen LogP contribution >= 0.6 is 12.4 Å². The summed E-state index contributed by atoms with van der Waals surface area (Å²) in [5, 5.41) is 0. The van der Waals surface area contributed by atoms with Crippen molar-refractivity contribution in [1.82, 2.24) is 9.97 Å². The molecule has 0 aliphatic carbocycles. The van der Waals surface area contributed by atoms with Gasteiger partial charge in [0.1, 0.15) is 6.33 Å². The van der Waals surface area contributed by atoms with Gasteiger partial charge in [-0.15, -0.1) is 12.4 Å². The third-order valence-corrected chi connectivity index (χ3v) is 0.939. The van der Waals surface area contributed by atoms with E-state index in [1.165, 1.54) is 12.3 Å². The third kappa shape index (κ3) is 5.24. The summed E-state index contributed by atoms with van der Waals surface area (Å²) in [6.45, 7) is -1.33. The first kappa shape index (κ1) is 12.0. The molecule has 0 N–H and O–H groups in total. The fraction of sp³-hybridized carbons (Fsp3) is 0.333. The van der Waals surface area contributed by atoms with E-state index < -0.39 is 12.8 Å². The summed E-state index contributed by atoms with van der Waals surface area (Å²) in [5.74, 6) is -0.0812. The number of halogens is 4. The molecule has 1 rings (SSSR count). The van der Waals surface area contributed by atoms with Gasteiger partial charge in [-0.3, -0.25) is 0 Å². The van der Waals surface area contributed by atoms with Crippen LogP contribution in [0.2, 0.25) is 0 Å². The van der Waals surface area contributed by atoms with Crippen LogP contribution in [0.15, 0.2) is 18.6 Å². The minimum Gasteiger partial charge on any atom is -0.468 e. The Morgan fingerprint density at radius 2 is 2.08 bits per heavy atom. The van der Waals surface area contributed by atoms with E-state index in [0.717, 1.165) is 6.33 Å². The molecular weight excluding hydrogens is 209 g/mol. The van der Waals surface area contributed by atoms with E-state index in [2.05, 4.69) is 14.7 Å². The highest BCUT2D eigenvalue weighted by atomic mass is 35.5. The van der Waals surface area contributed by atoms with Gasteiger partial charge in [0.25, 0.3) is 0 Å². The highest BCUT2D eigenvalue weighted by molar-refractivity contribution is 5.85. The van der Waals surface area contributed by atoms with Gasteiger partial charge in [-0.2, -0.15) is 13.2 Å². The molecule has 7 heteroatoms. The summed E-state index contributed by atoms with van der Waals surface area (Å²) in [6.07, 6.45) is -1.91. The lowest BCUT2D eigenvalue weighted by Crippen LogP contribution is -2.19. The lowest BCUT2D eigenvalue weighted by Gasteiger charge is -2.06. The van der Waals surface area contributed by atoms with Gasteiger partial charge >= 0.3 is 6.18 Å². The Bertz CT molecular complexity index is 241. The predicted octanol–water partition coefficient (Wildman–Crippen LogP) is 1.84. The molecule has 0 bridgehead atoms. The molecule has 74 valence electrons. The number of aromatic nitrogens is 2. The van der Waals surface area contributed by atoms with Crippen molar-refractivity contribution >= 4 is 12.4 Å². The molecule has 0 aliphatic rings. The molecule has 0 saturated carbocycles. The van der Waals surface area contributed by atoms with Crippen LogP contribution in [-0.4, -0.2) is 22.8 Å². The van der Waals surface area contributed by atoms with E-state index in [1.807, 2.05) is 0 Å². The average Bonchev–Trinajstić information content (AvgIpc) is 2.02. The standard InChI is InChI=1S/C6H5F3N2O.ClH/c7-6(8,9)3-12-5-1-2-10-4-11-5;/h1-2,4H,3H2;1H. The number of nitrogens with zero attached hydrogens (tertiary/aromatic N) is 2. The van der Waals surface area contributed by atoms with Gasteiger partial charge in [-0.05, 0) is 0 Å². The second-order valence-electron chi connectivity index (χ2n) is 1.95. The first-order chi connectivity index (χ1) is 5.58. The monoisotopic (exact) mass is 214 g/mol. The van der Waals surface area contributed by atoms with Gasteiger partial charge in [0.2, 0.25) is 5.88 Å². The Hall–Kier alpha value is -1.04. The molecule has 0 unspecified atom stereocenters. The van der Waals surface area contributed by atoms with Crippen LogP contribution in [0.1, 0.15) is 0 Å². The average molecular weight is 215 g/mol. The Morgan fingerprint density at radius 3 is 2.54 bits per heavy atom. The molecular formula is C6H6ClF3N2O. The van der Waals surface area contributed by atoms with E-state index in [9.17, 15) is 13.2 Å². The number of ether oxygens (including phenoxy) is 1. The van der Waals surface area contributed by atoms with Crippen LogP contribution in [0, 0.1) is 0 Å². The van der Waals surface area contributed by atoms with Crippen LogP contribution in [0.4, 0.5) is 13.2 Å².